The Balaban J connectivity index is 2.56. The van der Waals surface area contributed by atoms with Gasteiger partial charge in [-0.1, -0.05) is 6.07 Å². The van der Waals surface area contributed by atoms with E-state index in [4.69, 9.17) is 14.2 Å². The van der Waals surface area contributed by atoms with Gasteiger partial charge < -0.3 is 19.3 Å². The first kappa shape index (κ1) is 16.3. The molecular weight excluding hydrogens is 260 g/mol. The Kier molecular flexibility index (Phi) is 6.87. The van der Waals surface area contributed by atoms with Crippen LogP contribution in [0.25, 0.3) is 0 Å². The van der Waals surface area contributed by atoms with E-state index in [-0.39, 0.29) is 12.4 Å². The predicted octanol–water partition coefficient (Wildman–Crippen LogP) is 1.95. The van der Waals surface area contributed by atoms with E-state index in [1.165, 1.54) is 0 Å². The minimum Gasteiger partial charge on any atom is -0.497 e. The zero-order valence-corrected chi connectivity index (χ0v) is 12.2. The third kappa shape index (κ3) is 5.09. The number of rotatable bonds is 8. The lowest BCUT2D eigenvalue weighted by atomic mass is 10.0. The molecule has 1 atom stereocenters. The van der Waals surface area contributed by atoms with Crippen LogP contribution in [0.1, 0.15) is 25.3 Å². The molecule has 0 bridgehead atoms. The highest BCUT2D eigenvalue weighted by atomic mass is 16.5. The van der Waals surface area contributed by atoms with Gasteiger partial charge in [0.25, 0.3) is 0 Å². The number of carbonyl (C=O) groups excluding carboxylic acids is 1. The quantitative estimate of drug-likeness (QED) is 0.738. The maximum Gasteiger partial charge on any atom is 0.305 e. The highest BCUT2D eigenvalue weighted by molar-refractivity contribution is 5.69. The average Bonchev–Trinajstić information content (AvgIpc) is 2.46. The highest BCUT2D eigenvalue weighted by Gasteiger charge is 2.13. The Hall–Kier alpha value is -1.75. The van der Waals surface area contributed by atoms with Crippen LogP contribution in [-0.4, -0.2) is 38.0 Å². The monoisotopic (exact) mass is 282 g/mol. The van der Waals surface area contributed by atoms with E-state index >= 15 is 0 Å². The van der Waals surface area contributed by atoms with Crippen LogP contribution in [0.15, 0.2) is 18.2 Å². The molecule has 0 aromatic heterocycles. The molecule has 1 N–H and O–H groups in total. The first-order valence-corrected chi connectivity index (χ1v) is 6.65. The predicted molar refractivity (Wildman–Crippen MR) is 75.1 cm³/mol. The van der Waals surface area contributed by atoms with Gasteiger partial charge in [0.15, 0.2) is 0 Å². The zero-order chi connectivity index (χ0) is 15.0. The fraction of sp³-hybridized carbons (Fsp3) is 0.533. The summed E-state index contributed by atoms with van der Waals surface area (Å²) in [4.78, 5) is 11.2. The first-order valence-electron chi connectivity index (χ1n) is 6.65. The summed E-state index contributed by atoms with van der Waals surface area (Å²) in [6.07, 6.45) is 0.398. The average molecular weight is 282 g/mol. The van der Waals surface area contributed by atoms with E-state index in [1.807, 2.05) is 12.1 Å². The Bertz CT molecular complexity index is 430. The summed E-state index contributed by atoms with van der Waals surface area (Å²) in [6, 6.07) is 5.44. The smallest absolute Gasteiger partial charge is 0.305 e. The Morgan fingerprint density at radius 2 is 2.05 bits per heavy atom. The van der Waals surface area contributed by atoms with Crippen LogP contribution in [0, 0.1) is 0 Å². The molecule has 0 aliphatic rings. The number of benzene rings is 1. The highest BCUT2D eigenvalue weighted by Crippen LogP contribution is 2.26. The van der Waals surface area contributed by atoms with E-state index in [0.29, 0.717) is 30.9 Å². The summed E-state index contributed by atoms with van der Waals surface area (Å²) in [5, 5.41) is 9.97. The van der Waals surface area contributed by atoms with E-state index < -0.39 is 6.10 Å². The normalized spacial score (nSPS) is 11.8. The molecule has 0 heterocycles. The second-order valence-corrected chi connectivity index (χ2v) is 4.38. The van der Waals surface area contributed by atoms with Gasteiger partial charge in [-0.3, -0.25) is 4.79 Å². The maximum absolute atomic E-state index is 11.2. The van der Waals surface area contributed by atoms with E-state index in [9.17, 15) is 9.90 Å². The van der Waals surface area contributed by atoms with Crippen LogP contribution in [0.3, 0.4) is 0 Å². The van der Waals surface area contributed by atoms with Crippen molar-refractivity contribution in [2.45, 2.75) is 32.3 Å². The van der Waals surface area contributed by atoms with Gasteiger partial charge in [-0.05, 0) is 25.0 Å². The third-order valence-electron chi connectivity index (χ3n) is 2.94. The number of hydrogen-bond acceptors (Lipinski definition) is 5. The summed E-state index contributed by atoms with van der Waals surface area (Å²) in [5.41, 5.74) is 0.879. The van der Waals surface area contributed by atoms with Gasteiger partial charge in [0.05, 0.1) is 26.9 Å². The van der Waals surface area contributed by atoms with Gasteiger partial charge >= 0.3 is 5.97 Å². The summed E-state index contributed by atoms with van der Waals surface area (Å²) in [6.45, 7) is 2.12. The molecule has 0 spiro atoms. The molecule has 5 nitrogen and oxygen atoms in total. The van der Waals surface area contributed by atoms with Crippen molar-refractivity contribution in [2.75, 3.05) is 20.8 Å². The summed E-state index contributed by atoms with van der Waals surface area (Å²) < 4.78 is 15.2. The molecular formula is C15H22O5. The van der Waals surface area contributed by atoms with E-state index in [2.05, 4.69) is 0 Å². The Morgan fingerprint density at radius 1 is 1.30 bits per heavy atom. The van der Waals surface area contributed by atoms with Crippen molar-refractivity contribution in [3.8, 4) is 11.5 Å². The number of hydrogen-bond donors (Lipinski definition) is 1. The first-order chi connectivity index (χ1) is 9.60. The van der Waals surface area contributed by atoms with Crippen LogP contribution < -0.4 is 9.47 Å². The van der Waals surface area contributed by atoms with Crippen LogP contribution in [0.5, 0.6) is 11.5 Å². The van der Waals surface area contributed by atoms with Crippen molar-refractivity contribution >= 4 is 5.97 Å². The number of carbonyl (C=O) groups is 1. The Morgan fingerprint density at radius 3 is 2.65 bits per heavy atom. The molecule has 20 heavy (non-hydrogen) atoms. The SMILES string of the molecule is CCOC(=O)CC[C@@H](O)Cc1ccc(OC)cc1OC. The molecule has 0 fully saturated rings. The van der Waals surface area contributed by atoms with Crippen molar-refractivity contribution in [1.29, 1.82) is 0 Å². The maximum atomic E-state index is 11.2. The van der Waals surface area contributed by atoms with Crippen LogP contribution in [0.2, 0.25) is 0 Å². The molecule has 0 unspecified atom stereocenters. The molecule has 1 rings (SSSR count). The minimum atomic E-state index is -0.610. The number of aliphatic hydroxyl groups is 1. The molecule has 0 amide bonds. The molecule has 0 radical (unpaired) electrons. The second kappa shape index (κ2) is 8.43. The van der Waals surface area contributed by atoms with Gasteiger partial charge in [-0.25, -0.2) is 0 Å². The van der Waals surface area contributed by atoms with Gasteiger partial charge in [0.1, 0.15) is 11.5 Å². The molecule has 5 heteroatoms. The third-order valence-corrected chi connectivity index (χ3v) is 2.94. The van der Waals surface area contributed by atoms with Gasteiger partial charge in [-0.2, -0.15) is 0 Å². The molecule has 0 aliphatic carbocycles. The lowest BCUT2D eigenvalue weighted by Crippen LogP contribution is -2.14. The number of esters is 1. The summed E-state index contributed by atoms with van der Waals surface area (Å²) in [5.74, 6) is 1.08. The molecule has 0 saturated carbocycles. The number of methoxy groups -OCH3 is 2. The largest absolute Gasteiger partial charge is 0.497 e. The van der Waals surface area contributed by atoms with Crippen molar-refractivity contribution in [1.82, 2.24) is 0 Å². The van der Waals surface area contributed by atoms with Crippen molar-refractivity contribution in [3.05, 3.63) is 23.8 Å². The fourth-order valence-electron chi connectivity index (χ4n) is 1.89. The Labute approximate surface area is 119 Å². The molecule has 0 aliphatic heterocycles. The minimum absolute atomic E-state index is 0.216. The number of ether oxygens (including phenoxy) is 3. The van der Waals surface area contributed by atoms with Crippen LogP contribution in [0.4, 0.5) is 0 Å². The number of aliphatic hydroxyl groups excluding tert-OH is 1. The molecule has 1 aromatic rings. The summed E-state index contributed by atoms with van der Waals surface area (Å²) >= 11 is 0. The van der Waals surface area contributed by atoms with E-state index in [1.54, 1.807) is 27.2 Å². The zero-order valence-electron chi connectivity index (χ0n) is 12.2. The lowest BCUT2D eigenvalue weighted by molar-refractivity contribution is -0.143. The van der Waals surface area contributed by atoms with Crippen molar-refractivity contribution < 1.29 is 24.1 Å². The standard InChI is InChI=1S/C15H22O5/c1-4-20-15(17)8-6-12(16)9-11-5-7-13(18-2)10-14(11)19-3/h5,7,10,12,16H,4,6,8-9H2,1-3H3/t12-/m1/s1. The van der Waals surface area contributed by atoms with Crippen LogP contribution in [-0.2, 0) is 16.0 Å². The fourth-order valence-corrected chi connectivity index (χ4v) is 1.89. The molecule has 1 aromatic carbocycles. The second-order valence-electron chi connectivity index (χ2n) is 4.38. The lowest BCUT2D eigenvalue weighted by Gasteiger charge is -2.14. The molecule has 0 saturated heterocycles. The van der Waals surface area contributed by atoms with Gasteiger partial charge in [0, 0.05) is 18.9 Å². The molecule has 112 valence electrons. The topological polar surface area (TPSA) is 65.0 Å². The van der Waals surface area contributed by atoms with Crippen molar-refractivity contribution in [2.24, 2.45) is 0 Å². The summed E-state index contributed by atoms with van der Waals surface area (Å²) in [7, 11) is 3.16. The van der Waals surface area contributed by atoms with Crippen LogP contribution >= 0.6 is 0 Å². The van der Waals surface area contributed by atoms with Gasteiger partial charge in [0.2, 0.25) is 0 Å². The van der Waals surface area contributed by atoms with E-state index in [0.717, 1.165) is 5.56 Å². The van der Waals surface area contributed by atoms with Crippen molar-refractivity contribution in [3.63, 3.8) is 0 Å². The van der Waals surface area contributed by atoms with Gasteiger partial charge in [-0.15, -0.1) is 0 Å².